The SMILES string of the molecule is CCNC(=NCC1CCCC1O)Nc1ccc(OCC)c(OC)c1. The first kappa shape index (κ1) is 18.4. The summed E-state index contributed by atoms with van der Waals surface area (Å²) in [4.78, 5) is 4.62. The minimum atomic E-state index is -0.220. The Kier molecular flexibility index (Phi) is 7.18. The first-order chi connectivity index (χ1) is 11.7. The Hall–Kier alpha value is -1.95. The van der Waals surface area contributed by atoms with Gasteiger partial charge in [0.05, 0.1) is 19.8 Å². The largest absolute Gasteiger partial charge is 0.493 e. The second kappa shape index (κ2) is 9.37. The van der Waals surface area contributed by atoms with Gasteiger partial charge >= 0.3 is 0 Å². The molecule has 2 atom stereocenters. The second-order valence-electron chi connectivity index (χ2n) is 5.90. The zero-order chi connectivity index (χ0) is 17.4. The third kappa shape index (κ3) is 5.03. The highest BCUT2D eigenvalue weighted by molar-refractivity contribution is 5.93. The van der Waals surface area contributed by atoms with E-state index in [1.165, 1.54) is 0 Å². The number of hydrogen-bond acceptors (Lipinski definition) is 4. The zero-order valence-corrected chi connectivity index (χ0v) is 14.8. The van der Waals surface area contributed by atoms with Crippen molar-refractivity contribution in [1.82, 2.24) is 5.32 Å². The first-order valence-corrected chi connectivity index (χ1v) is 8.72. The predicted molar refractivity (Wildman–Crippen MR) is 97.1 cm³/mol. The van der Waals surface area contributed by atoms with E-state index in [0.717, 1.165) is 37.2 Å². The van der Waals surface area contributed by atoms with Crippen LogP contribution in [0.2, 0.25) is 0 Å². The lowest BCUT2D eigenvalue weighted by atomic mass is 10.1. The highest BCUT2D eigenvalue weighted by Crippen LogP contribution is 2.30. The number of hydrogen-bond donors (Lipinski definition) is 3. The smallest absolute Gasteiger partial charge is 0.195 e. The van der Waals surface area contributed by atoms with Crippen molar-refractivity contribution in [2.45, 2.75) is 39.2 Å². The van der Waals surface area contributed by atoms with Crippen molar-refractivity contribution in [3.63, 3.8) is 0 Å². The summed E-state index contributed by atoms with van der Waals surface area (Å²) in [6.07, 6.45) is 2.80. The summed E-state index contributed by atoms with van der Waals surface area (Å²) in [5.41, 5.74) is 0.877. The van der Waals surface area contributed by atoms with Crippen LogP contribution < -0.4 is 20.1 Å². The van der Waals surface area contributed by atoms with Gasteiger partial charge in [0, 0.05) is 30.8 Å². The fourth-order valence-corrected chi connectivity index (χ4v) is 2.90. The molecule has 1 saturated carbocycles. The van der Waals surface area contributed by atoms with Crippen molar-refractivity contribution in [1.29, 1.82) is 0 Å². The number of nitrogens with one attached hydrogen (secondary N) is 2. The Bertz CT molecular complexity index is 548. The third-order valence-corrected chi connectivity index (χ3v) is 4.17. The maximum Gasteiger partial charge on any atom is 0.195 e. The van der Waals surface area contributed by atoms with E-state index in [0.29, 0.717) is 24.9 Å². The molecule has 6 heteroatoms. The van der Waals surface area contributed by atoms with Crippen LogP contribution in [0.3, 0.4) is 0 Å². The van der Waals surface area contributed by atoms with E-state index in [4.69, 9.17) is 9.47 Å². The molecule has 0 aliphatic heterocycles. The van der Waals surface area contributed by atoms with Gasteiger partial charge in [-0.05, 0) is 38.8 Å². The van der Waals surface area contributed by atoms with Gasteiger partial charge < -0.3 is 25.2 Å². The fourth-order valence-electron chi connectivity index (χ4n) is 2.90. The summed E-state index contributed by atoms with van der Waals surface area (Å²) in [6.45, 7) is 5.97. The molecule has 6 nitrogen and oxygen atoms in total. The molecule has 24 heavy (non-hydrogen) atoms. The van der Waals surface area contributed by atoms with E-state index in [2.05, 4.69) is 15.6 Å². The van der Waals surface area contributed by atoms with Crippen LogP contribution in [0.5, 0.6) is 11.5 Å². The molecule has 0 aromatic heterocycles. The van der Waals surface area contributed by atoms with Crippen LogP contribution >= 0.6 is 0 Å². The van der Waals surface area contributed by atoms with Crippen LogP contribution in [-0.2, 0) is 0 Å². The van der Waals surface area contributed by atoms with Crippen molar-refractivity contribution >= 4 is 11.6 Å². The standard InChI is InChI=1S/C18H29N3O3/c1-4-19-18(20-12-13-7-6-8-15(13)22)21-14-9-10-16(24-5-2)17(11-14)23-3/h9-11,13,15,22H,4-8,12H2,1-3H3,(H2,19,20,21). The summed E-state index contributed by atoms with van der Waals surface area (Å²) in [5.74, 6) is 2.38. The van der Waals surface area contributed by atoms with Crippen LogP contribution in [0.15, 0.2) is 23.2 Å². The summed E-state index contributed by atoms with van der Waals surface area (Å²) in [5, 5.41) is 16.4. The maximum absolute atomic E-state index is 9.93. The van der Waals surface area contributed by atoms with Crippen LogP contribution in [0.25, 0.3) is 0 Å². The van der Waals surface area contributed by atoms with E-state index in [1.54, 1.807) is 7.11 Å². The number of benzene rings is 1. The van der Waals surface area contributed by atoms with Gasteiger partial charge in [-0.25, -0.2) is 0 Å². The lowest BCUT2D eigenvalue weighted by Gasteiger charge is -2.16. The predicted octanol–water partition coefficient (Wildman–Crippen LogP) is 2.63. The Morgan fingerprint density at radius 1 is 1.29 bits per heavy atom. The number of guanidine groups is 1. The number of methoxy groups -OCH3 is 1. The minimum absolute atomic E-state index is 0.220. The lowest BCUT2D eigenvalue weighted by molar-refractivity contribution is 0.137. The van der Waals surface area contributed by atoms with Crippen molar-refractivity contribution < 1.29 is 14.6 Å². The van der Waals surface area contributed by atoms with Gasteiger partial charge in [-0.1, -0.05) is 6.42 Å². The molecule has 3 N–H and O–H groups in total. The Morgan fingerprint density at radius 2 is 2.12 bits per heavy atom. The highest BCUT2D eigenvalue weighted by Gasteiger charge is 2.24. The van der Waals surface area contributed by atoms with Crippen molar-refractivity contribution in [3.8, 4) is 11.5 Å². The molecule has 1 aliphatic carbocycles. The van der Waals surface area contributed by atoms with Crippen LogP contribution in [-0.4, -0.2) is 44.0 Å². The lowest BCUT2D eigenvalue weighted by Crippen LogP contribution is -2.31. The molecular weight excluding hydrogens is 306 g/mol. The molecule has 0 radical (unpaired) electrons. The molecule has 1 aliphatic rings. The van der Waals surface area contributed by atoms with E-state index >= 15 is 0 Å². The normalized spacial score (nSPS) is 20.8. The molecule has 2 rings (SSSR count). The summed E-state index contributed by atoms with van der Waals surface area (Å²) in [6, 6.07) is 5.71. The Balaban J connectivity index is 2.06. The number of aliphatic imine (C=N–C) groups is 1. The quantitative estimate of drug-likeness (QED) is 0.527. The zero-order valence-electron chi connectivity index (χ0n) is 14.8. The van der Waals surface area contributed by atoms with E-state index in [9.17, 15) is 5.11 Å². The number of aliphatic hydroxyl groups is 1. The van der Waals surface area contributed by atoms with E-state index in [1.807, 2.05) is 32.0 Å². The molecule has 134 valence electrons. The van der Waals surface area contributed by atoms with Crippen molar-refractivity contribution in [2.75, 3.05) is 32.1 Å². The fraction of sp³-hybridized carbons (Fsp3) is 0.611. The number of aliphatic hydroxyl groups excluding tert-OH is 1. The number of anilines is 1. The van der Waals surface area contributed by atoms with Crippen molar-refractivity contribution in [3.05, 3.63) is 18.2 Å². The van der Waals surface area contributed by atoms with Gasteiger partial charge in [-0.15, -0.1) is 0 Å². The molecule has 1 fully saturated rings. The summed E-state index contributed by atoms with van der Waals surface area (Å²) in [7, 11) is 1.63. The monoisotopic (exact) mass is 335 g/mol. The van der Waals surface area contributed by atoms with Crippen LogP contribution in [0, 0.1) is 5.92 Å². The second-order valence-corrected chi connectivity index (χ2v) is 5.90. The van der Waals surface area contributed by atoms with Crippen molar-refractivity contribution in [2.24, 2.45) is 10.9 Å². The summed E-state index contributed by atoms with van der Waals surface area (Å²) >= 11 is 0. The molecular formula is C18H29N3O3. The Labute approximate surface area is 144 Å². The highest BCUT2D eigenvalue weighted by atomic mass is 16.5. The first-order valence-electron chi connectivity index (χ1n) is 8.72. The maximum atomic E-state index is 9.93. The van der Waals surface area contributed by atoms with Gasteiger partial charge in [0.15, 0.2) is 17.5 Å². The topological polar surface area (TPSA) is 75.1 Å². The minimum Gasteiger partial charge on any atom is -0.493 e. The summed E-state index contributed by atoms with van der Waals surface area (Å²) < 4.78 is 10.9. The number of ether oxygens (including phenoxy) is 2. The van der Waals surface area contributed by atoms with Gasteiger partial charge in [-0.3, -0.25) is 4.99 Å². The van der Waals surface area contributed by atoms with Gasteiger partial charge in [0.25, 0.3) is 0 Å². The van der Waals surface area contributed by atoms with E-state index < -0.39 is 0 Å². The average molecular weight is 335 g/mol. The van der Waals surface area contributed by atoms with Crippen LogP contribution in [0.1, 0.15) is 33.1 Å². The molecule has 1 aromatic rings. The Morgan fingerprint density at radius 3 is 2.75 bits per heavy atom. The van der Waals surface area contributed by atoms with Gasteiger partial charge in [-0.2, -0.15) is 0 Å². The van der Waals surface area contributed by atoms with Gasteiger partial charge in [0.1, 0.15) is 0 Å². The molecule has 0 saturated heterocycles. The molecule has 0 bridgehead atoms. The van der Waals surface area contributed by atoms with E-state index in [-0.39, 0.29) is 12.0 Å². The van der Waals surface area contributed by atoms with Crippen LogP contribution in [0.4, 0.5) is 5.69 Å². The molecule has 2 unspecified atom stereocenters. The average Bonchev–Trinajstić information content (AvgIpc) is 2.99. The molecule has 0 amide bonds. The molecule has 0 heterocycles. The molecule has 0 spiro atoms. The molecule has 1 aromatic carbocycles. The number of rotatable bonds is 7. The van der Waals surface area contributed by atoms with Gasteiger partial charge in [0.2, 0.25) is 0 Å². The third-order valence-electron chi connectivity index (χ3n) is 4.17. The number of nitrogens with zero attached hydrogens (tertiary/aromatic N) is 1.